The monoisotopic (exact) mass is 213 g/mol. The molecule has 0 atom stereocenters. The highest BCUT2D eigenvalue weighted by Gasteiger charge is 1.91. The van der Waals surface area contributed by atoms with Crippen molar-refractivity contribution in [3.8, 4) is 11.1 Å². The Hall–Kier alpha value is -2.09. The predicted octanol–water partition coefficient (Wildman–Crippen LogP) is 2.85. The van der Waals surface area contributed by atoms with Gasteiger partial charge in [-0.25, -0.2) is 0 Å². The van der Waals surface area contributed by atoms with Crippen LogP contribution in [-0.2, 0) is 4.79 Å². The van der Waals surface area contributed by atoms with Gasteiger partial charge in [0.05, 0.1) is 0 Å². The summed E-state index contributed by atoms with van der Waals surface area (Å²) in [6.07, 6.45) is 0. The quantitative estimate of drug-likeness (QED) is 0.777. The number of benzene rings is 2. The second-order valence-corrected chi connectivity index (χ2v) is 3.34. The molecule has 2 rings (SSSR count). The minimum absolute atomic E-state index is 0.333. The zero-order valence-corrected chi connectivity index (χ0v) is 9.26. The highest BCUT2D eigenvalue weighted by atomic mass is 16.1. The zero-order chi connectivity index (χ0) is 11.8. The third-order valence-corrected chi connectivity index (χ3v) is 1.88. The van der Waals surface area contributed by atoms with Crippen LogP contribution in [-0.4, -0.2) is 5.91 Å². The fraction of sp³-hybridized carbons (Fsp3) is 0.0714. The van der Waals surface area contributed by atoms with Crippen LogP contribution in [0, 0.1) is 0 Å². The number of hydrogen-bond acceptors (Lipinski definition) is 1. The Morgan fingerprint density at radius 1 is 0.812 bits per heavy atom. The molecule has 0 saturated heterocycles. The third-order valence-electron chi connectivity index (χ3n) is 1.88. The molecule has 0 aliphatic rings. The van der Waals surface area contributed by atoms with E-state index >= 15 is 0 Å². The smallest absolute Gasteiger partial charge is 0.214 e. The summed E-state index contributed by atoms with van der Waals surface area (Å²) in [6, 6.07) is 20.8. The van der Waals surface area contributed by atoms with E-state index in [-0.39, 0.29) is 5.91 Å². The summed E-state index contributed by atoms with van der Waals surface area (Å²) in [5.74, 6) is -0.333. The van der Waals surface area contributed by atoms with Crippen molar-refractivity contribution in [3.05, 3.63) is 60.7 Å². The van der Waals surface area contributed by atoms with Crippen LogP contribution in [0.25, 0.3) is 11.1 Å². The number of carbonyl (C=O) groups excluding carboxylic acids is 1. The number of nitrogens with two attached hydrogens (primary N) is 1. The van der Waals surface area contributed by atoms with Crippen molar-refractivity contribution < 1.29 is 4.79 Å². The van der Waals surface area contributed by atoms with Gasteiger partial charge in [-0.15, -0.1) is 0 Å². The number of carbonyl (C=O) groups is 1. The van der Waals surface area contributed by atoms with Crippen molar-refractivity contribution in [1.29, 1.82) is 0 Å². The summed E-state index contributed by atoms with van der Waals surface area (Å²) in [4.78, 5) is 9.22. The van der Waals surface area contributed by atoms with Crippen molar-refractivity contribution in [1.82, 2.24) is 0 Å². The van der Waals surface area contributed by atoms with Gasteiger partial charge in [0.15, 0.2) is 0 Å². The van der Waals surface area contributed by atoms with Gasteiger partial charge >= 0.3 is 0 Å². The molecule has 0 aliphatic heterocycles. The van der Waals surface area contributed by atoms with Gasteiger partial charge in [-0.2, -0.15) is 0 Å². The SMILES string of the molecule is CC(N)=O.c1ccc(-c2ccccc2)cc1. The maximum Gasteiger partial charge on any atom is 0.214 e. The lowest BCUT2D eigenvalue weighted by Gasteiger charge is -1.98. The Morgan fingerprint density at radius 2 is 1.06 bits per heavy atom. The summed E-state index contributed by atoms with van der Waals surface area (Å²) in [6.45, 7) is 1.31. The molecule has 0 aromatic heterocycles. The first kappa shape index (κ1) is 12.0. The van der Waals surface area contributed by atoms with Gasteiger partial charge in [0.2, 0.25) is 5.91 Å². The van der Waals surface area contributed by atoms with E-state index in [1.54, 1.807) is 0 Å². The van der Waals surface area contributed by atoms with Crippen LogP contribution in [0.2, 0.25) is 0 Å². The Bertz CT molecular complexity index is 382. The van der Waals surface area contributed by atoms with E-state index in [0.717, 1.165) is 0 Å². The lowest BCUT2D eigenvalue weighted by atomic mass is 10.1. The molecule has 1 amide bonds. The molecule has 0 unspecified atom stereocenters. The Labute approximate surface area is 95.7 Å². The number of rotatable bonds is 1. The first-order valence-electron chi connectivity index (χ1n) is 5.06. The van der Waals surface area contributed by atoms with E-state index < -0.39 is 0 Å². The number of amides is 1. The Kier molecular flexibility index (Phi) is 4.80. The lowest BCUT2D eigenvalue weighted by Crippen LogP contribution is -2.01. The zero-order valence-electron chi connectivity index (χ0n) is 9.26. The largest absolute Gasteiger partial charge is 0.370 e. The van der Waals surface area contributed by atoms with Crippen LogP contribution >= 0.6 is 0 Å². The molecule has 2 aromatic rings. The van der Waals surface area contributed by atoms with Crippen LogP contribution in [0.5, 0.6) is 0 Å². The average molecular weight is 213 g/mol. The van der Waals surface area contributed by atoms with E-state index in [1.165, 1.54) is 18.1 Å². The van der Waals surface area contributed by atoms with Crippen molar-refractivity contribution in [3.63, 3.8) is 0 Å². The molecule has 2 heteroatoms. The van der Waals surface area contributed by atoms with Crippen molar-refractivity contribution in [2.24, 2.45) is 5.73 Å². The van der Waals surface area contributed by atoms with Gasteiger partial charge in [-0.3, -0.25) is 4.79 Å². The molecule has 0 heterocycles. The molecule has 0 spiro atoms. The fourth-order valence-corrected chi connectivity index (χ4v) is 1.26. The van der Waals surface area contributed by atoms with Crippen LogP contribution in [0.15, 0.2) is 60.7 Å². The number of hydrogen-bond donors (Lipinski definition) is 1. The van der Waals surface area contributed by atoms with Crippen molar-refractivity contribution >= 4 is 5.91 Å². The second-order valence-electron chi connectivity index (χ2n) is 3.34. The fourth-order valence-electron chi connectivity index (χ4n) is 1.26. The molecule has 2 N–H and O–H groups in total. The molecular formula is C14H15NO. The van der Waals surface area contributed by atoms with Gasteiger partial charge in [-0.1, -0.05) is 60.7 Å². The van der Waals surface area contributed by atoms with E-state index in [4.69, 9.17) is 0 Å². The Balaban J connectivity index is 0.000000280. The molecular weight excluding hydrogens is 198 g/mol. The minimum Gasteiger partial charge on any atom is -0.370 e. The lowest BCUT2D eigenvalue weighted by molar-refractivity contribution is -0.115. The molecule has 0 aliphatic carbocycles. The van der Waals surface area contributed by atoms with E-state index in [2.05, 4.69) is 54.3 Å². The van der Waals surface area contributed by atoms with E-state index in [1.807, 2.05) is 12.1 Å². The van der Waals surface area contributed by atoms with Crippen LogP contribution < -0.4 is 5.73 Å². The third kappa shape index (κ3) is 4.42. The molecule has 0 radical (unpaired) electrons. The van der Waals surface area contributed by atoms with Gasteiger partial charge in [-0.05, 0) is 11.1 Å². The van der Waals surface area contributed by atoms with Crippen LogP contribution in [0.1, 0.15) is 6.92 Å². The van der Waals surface area contributed by atoms with Gasteiger partial charge in [0.25, 0.3) is 0 Å². The van der Waals surface area contributed by atoms with Gasteiger partial charge in [0, 0.05) is 6.92 Å². The molecule has 2 nitrogen and oxygen atoms in total. The van der Waals surface area contributed by atoms with Crippen molar-refractivity contribution in [2.45, 2.75) is 6.92 Å². The maximum absolute atomic E-state index is 9.22. The summed E-state index contributed by atoms with van der Waals surface area (Å²) >= 11 is 0. The normalized spacial score (nSPS) is 8.81. The molecule has 82 valence electrons. The Morgan fingerprint density at radius 3 is 1.31 bits per heavy atom. The summed E-state index contributed by atoms with van der Waals surface area (Å²) in [5, 5.41) is 0. The van der Waals surface area contributed by atoms with Crippen LogP contribution in [0.4, 0.5) is 0 Å². The maximum atomic E-state index is 9.22. The summed E-state index contributed by atoms with van der Waals surface area (Å²) in [7, 11) is 0. The van der Waals surface area contributed by atoms with Gasteiger partial charge in [0.1, 0.15) is 0 Å². The van der Waals surface area contributed by atoms with E-state index in [9.17, 15) is 4.79 Å². The summed E-state index contributed by atoms with van der Waals surface area (Å²) in [5.41, 5.74) is 7.02. The molecule has 0 fully saturated rings. The highest BCUT2D eigenvalue weighted by Crippen LogP contribution is 2.17. The minimum atomic E-state index is -0.333. The molecule has 2 aromatic carbocycles. The molecule has 0 bridgehead atoms. The highest BCUT2D eigenvalue weighted by molar-refractivity contribution is 5.70. The predicted molar refractivity (Wildman–Crippen MR) is 66.7 cm³/mol. The standard InChI is InChI=1S/C12H10.C2H5NO/c1-3-7-11(8-4-1)12-9-5-2-6-10-12;1-2(3)4/h1-10H;1H3,(H2,3,4). The van der Waals surface area contributed by atoms with E-state index in [0.29, 0.717) is 0 Å². The second kappa shape index (κ2) is 6.40. The van der Waals surface area contributed by atoms with Gasteiger partial charge < -0.3 is 5.73 Å². The van der Waals surface area contributed by atoms with Crippen molar-refractivity contribution in [2.75, 3.05) is 0 Å². The number of primary amides is 1. The van der Waals surface area contributed by atoms with Crippen LogP contribution in [0.3, 0.4) is 0 Å². The average Bonchev–Trinajstić information content (AvgIpc) is 2.31. The summed E-state index contributed by atoms with van der Waals surface area (Å²) < 4.78 is 0. The first-order valence-corrected chi connectivity index (χ1v) is 5.06. The topological polar surface area (TPSA) is 43.1 Å². The first-order chi connectivity index (χ1) is 7.70. The molecule has 16 heavy (non-hydrogen) atoms. The molecule has 0 saturated carbocycles.